The highest BCUT2D eigenvalue weighted by Crippen LogP contribution is 2.61. The first-order valence-corrected chi connectivity index (χ1v) is 14.1. The molecule has 8 nitrogen and oxygen atoms in total. The van der Waals surface area contributed by atoms with Crippen LogP contribution in [0, 0.1) is 11.8 Å². The molecule has 0 aromatic heterocycles. The second-order valence-corrected chi connectivity index (χ2v) is 11.4. The van der Waals surface area contributed by atoms with E-state index in [4.69, 9.17) is 9.47 Å². The number of ether oxygens (including phenoxy) is 2. The van der Waals surface area contributed by atoms with Gasteiger partial charge in [-0.05, 0) is 32.3 Å². The normalized spacial score (nSPS) is 31.6. The quantitative estimate of drug-likeness (QED) is 0.247. The number of aliphatic hydroxyl groups excluding tert-OH is 1. The highest BCUT2D eigenvalue weighted by atomic mass is 79.9. The van der Waals surface area contributed by atoms with Crippen molar-refractivity contribution >= 4 is 33.7 Å². The number of hydrogen-bond acceptors (Lipinski definition) is 6. The zero-order valence-electron chi connectivity index (χ0n) is 21.7. The van der Waals surface area contributed by atoms with E-state index >= 15 is 0 Å². The maximum Gasteiger partial charge on any atom is 0.312 e. The minimum atomic E-state index is -1.21. The van der Waals surface area contributed by atoms with Gasteiger partial charge in [0.25, 0.3) is 0 Å². The molecule has 3 fully saturated rings. The minimum absolute atomic E-state index is 0.0913. The third-order valence-electron chi connectivity index (χ3n) is 8.06. The Morgan fingerprint density at radius 2 is 2.05 bits per heavy atom. The van der Waals surface area contributed by atoms with Crippen LogP contribution in [-0.2, 0) is 23.9 Å². The molecule has 1 spiro atoms. The predicted molar refractivity (Wildman–Crippen MR) is 142 cm³/mol. The Morgan fingerprint density at radius 3 is 2.65 bits per heavy atom. The number of hydrogen-bond donors (Lipinski definition) is 1. The van der Waals surface area contributed by atoms with E-state index in [1.807, 2.05) is 37.3 Å². The topological polar surface area (TPSA) is 96.4 Å². The van der Waals surface area contributed by atoms with Crippen LogP contribution in [-0.4, -0.2) is 81.1 Å². The Morgan fingerprint density at radius 1 is 1.35 bits per heavy atom. The zero-order chi connectivity index (χ0) is 26.9. The van der Waals surface area contributed by atoms with Gasteiger partial charge in [0.15, 0.2) is 0 Å². The van der Waals surface area contributed by atoms with Crippen molar-refractivity contribution in [2.24, 2.45) is 11.8 Å². The first-order valence-electron chi connectivity index (χ1n) is 13.1. The molecule has 3 aliphatic rings. The summed E-state index contributed by atoms with van der Waals surface area (Å²) in [6.07, 6.45) is 3.18. The molecule has 3 saturated heterocycles. The first-order chi connectivity index (χ1) is 17.8. The van der Waals surface area contributed by atoms with Crippen LogP contribution in [0.5, 0.6) is 0 Å². The fourth-order valence-corrected chi connectivity index (χ4v) is 7.52. The summed E-state index contributed by atoms with van der Waals surface area (Å²) in [7, 11) is 0. The van der Waals surface area contributed by atoms with Crippen molar-refractivity contribution in [3.05, 3.63) is 48.6 Å². The van der Waals surface area contributed by atoms with Crippen LogP contribution in [0.25, 0.3) is 0 Å². The summed E-state index contributed by atoms with van der Waals surface area (Å²) in [5.74, 6) is -2.81. The minimum Gasteiger partial charge on any atom is -0.466 e. The van der Waals surface area contributed by atoms with E-state index in [1.165, 1.54) is 4.90 Å². The molecule has 8 atom stereocenters. The van der Waals surface area contributed by atoms with Gasteiger partial charge in [0, 0.05) is 17.4 Å². The Balaban J connectivity index is 1.86. The number of benzene rings is 1. The van der Waals surface area contributed by atoms with Gasteiger partial charge in [-0.1, -0.05) is 65.7 Å². The number of carbonyl (C=O) groups is 3. The summed E-state index contributed by atoms with van der Waals surface area (Å²) in [6.45, 7) is 9.75. The Kier molecular flexibility index (Phi) is 8.45. The van der Waals surface area contributed by atoms with E-state index in [2.05, 4.69) is 29.4 Å². The number of nitrogens with zero attached hydrogens (tertiary/aromatic N) is 2. The summed E-state index contributed by atoms with van der Waals surface area (Å²) >= 11 is 3.67. The average molecular weight is 578 g/mol. The highest BCUT2D eigenvalue weighted by Gasteiger charge is 2.77. The second kappa shape index (κ2) is 11.3. The van der Waals surface area contributed by atoms with Gasteiger partial charge in [-0.2, -0.15) is 0 Å². The van der Waals surface area contributed by atoms with Crippen LogP contribution in [0.3, 0.4) is 0 Å². The Bertz CT molecular complexity index is 1020. The number of halogens is 1. The van der Waals surface area contributed by atoms with Crippen molar-refractivity contribution in [2.75, 3.05) is 19.8 Å². The second-order valence-electron chi connectivity index (χ2n) is 10.2. The van der Waals surface area contributed by atoms with Gasteiger partial charge in [-0.15, -0.1) is 6.58 Å². The van der Waals surface area contributed by atoms with Crippen molar-refractivity contribution < 1.29 is 29.0 Å². The van der Waals surface area contributed by atoms with E-state index in [-0.39, 0.29) is 35.9 Å². The number of alkyl halides is 1. The van der Waals surface area contributed by atoms with Crippen molar-refractivity contribution in [3.63, 3.8) is 0 Å². The number of carbonyl (C=O) groups excluding carboxylic acids is 3. The SMILES string of the molecule is C=CCN(C(=O)C1N([C@H](CO)c2ccccc2)C(=O)[C@@H]2[C@H](C(=O)OCC)[C@H]3OC12CC3Br)C(C)CCC. The van der Waals surface area contributed by atoms with Crippen LogP contribution in [0.2, 0.25) is 0 Å². The molecule has 202 valence electrons. The molecule has 2 amide bonds. The van der Waals surface area contributed by atoms with E-state index in [0.29, 0.717) is 18.5 Å². The molecule has 0 saturated carbocycles. The van der Waals surface area contributed by atoms with Gasteiger partial charge in [0.2, 0.25) is 11.8 Å². The lowest BCUT2D eigenvalue weighted by Gasteiger charge is -2.41. The Hall–Kier alpha value is -2.23. The average Bonchev–Trinajstić information content (AvgIpc) is 3.47. The maximum atomic E-state index is 14.5. The third kappa shape index (κ3) is 4.53. The molecule has 4 unspecified atom stereocenters. The number of likely N-dealkylation sites (tertiary alicyclic amines) is 1. The lowest BCUT2D eigenvalue weighted by atomic mass is 9.70. The molecule has 3 aliphatic heterocycles. The van der Waals surface area contributed by atoms with Gasteiger partial charge in [-0.3, -0.25) is 14.4 Å². The zero-order valence-corrected chi connectivity index (χ0v) is 23.3. The predicted octanol–water partition coefficient (Wildman–Crippen LogP) is 3.23. The Labute approximate surface area is 227 Å². The van der Waals surface area contributed by atoms with E-state index in [0.717, 1.165) is 12.8 Å². The van der Waals surface area contributed by atoms with Crippen molar-refractivity contribution in [1.82, 2.24) is 9.80 Å². The van der Waals surface area contributed by atoms with E-state index < -0.39 is 41.6 Å². The molecule has 37 heavy (non-hydrogen) atoms. The molecule has 1 N–H and O–H groups in total. The van der Waals surface area contributed by atoms with Crippen molar-refractivity contribution in [1.29, 1.82) is 0 Å². The monoisotopic (exact) mass is 576 g/mol. The summed E-state index contributed by atoms with van der Waals surface area (Å²) in [5.41, 5.74) is -0.500. The number of aliphatic hydroxyl groups is 1. The molecule has 1 aromatic carbocycles. The molecular formula is C28H37BrN2O6. The van der Waals surface area contributed by atoms with Gasteiger partial charge < -0.3 is 24.4 Å². The molecule has 4 rings (SSSR count). The summed E-state index contributed by atoms with van der Waals surface area (Å²) < 4.78 is 11.9. The largest absolute Gasteiger partial charge is 0.466 e. The fourth-order valence-electron chi connectivity index (χ4n) is 6.58. The van der Waals surface area contributed by atoms with Crippen LogP contribution in [0.15, 0.2) is 43.0 Å². The molecule has 2 bridgehead atoms. The number of amides is 2. The summed E-state index contributed by atoms with van der Waals surface area (Å²) in [6, 6.07) is 7.31. The van der Waals surface area contributed by atoms with Crippen LogP contribution < -0.4 is 0 Å². The number of fused-ring (bicyclic) bond motifs is 1. The van der Waals surface area contributed by atoms with Gasteiger partial charge in [0.05, 0.1) is 37.2 Å². The molecule has 1 aromatic rings. The lowest BCUT2D eigenvalue weighted by Crippen LogP contribution is -2.58. The molecule has 9 heteroatoms. The summed E-state index contributed by atoms with van der Waals surface area (Å²) in [5, 5.41) is 10.6. The fraction of sp³-hybridized carbons (Fsp3) is 0.607. The maximum absolute atomic E-state index is 14.5. The molecular weight excluding hydrogens is 540 g/mol. The van der Waals surface area contributed by atoms with Crippen LogP contribution in [0.4, 0.5) is 0 Å². The van der Waals surface area contributed by atoms with Crippen molar-refractivity contribution in [2.45, 2.75) is 74.7 Å². The highest BCUT2D eigenvalue weighted by molar-refractivity contribution is 9.09. The first kappa shape index (κ1) is 27.8. The molecule has 3 heterocycles. The third-order valence-corrected chi connectivity index (χ3v) is 8.90. The molecule has 0 aliphatic carbocycles. The van der Waals surface area contributed by atoms with Gasteiger partial charge in [-0.25, -0.2) is 0 Å². The van der Waals surface area contributed by atoms with Gasteiger partial charge in [0.1, 0.15) is 11.6 Å². The summed E-state index contributed by atoms with van der Waals surface area (Å²) in [4.78, 5) is 44.9. The number of rotatable bonds is 11. The van der Waals surface area contributed by atoms with Crippen LogP contribution in [0.1, 0.15) is 51.6 Å². The lowest BCUT2D eigenvalue weighted by molar-refractivity contribution is -0.156. The van der Waals surface area contributed by atoms with Crippen LogP contribution >= 0.6 is 15.9 Å². The molecule has 0 radical (unpaired) electrons. The van der Waals surface area contributed by atoms with E-state index in [1.54, 1.807) is 17.9 Å². The number of esters is 1. The smallest absolute Gasteiger partial charge is 0.312 e. The van der Waals surface area contributed by atoms with E-state index in [9.17, 15) is 19.5 Å². The van der Waals surface area contributed by atoms with Gasteiger partial charge >= 0.3 is 5.97 Å². The standard InChI is InChI=1S/C28H37BrN2O6/c1-5-11-17(4)30(14-6-2)26(34)24-28-15-19(29)23(37-28)21(27(35)36-7-3)22(28)25(33)31(24)20(16-32)18-12-9-8-10-13-18/h6,8-10,12-13,17,19-24,32H,2,5,7,11,14-16H2,1,3-4H3/t17?,19?,20-,21+,22+,23+,24?,28?/m1/s1. The van der Waals surface area contributed by atoms with Crippen molar-refractivity contribution in [3.8, 4) is 0 Å².